The first-order chi connectivity index (χ1) is 9.63. The van der Waals surface area contributed by atoms with E-state index in [0.29, 0.717) is 18.4 Å². The van der Waals surface area contributed by atoms with Gasteiger partial charge in [-0.25, -0.2) is 0 Å². The van der Waals surface area contributed by atoms with Gasteiger partial charge in [0.1, 0.15) is 0 Å². The van der Waals surface area contributed by atoms with Gasteiger partial charge in [-0.05, 0) is 25.2 Å². The normalized spacial score (nSPS) is 18.2. The van der Waals surface area contributed by atoms with E-state index < -0.39 is 0 Å². The summed E-state index contributed by atoms with van der Waals surface area (Å²) in [6.45, 7) is 8.84. The predicted molar refractivity (Wildman–Crippen MR) is 86.3 cm³/mol. The zero-order valence-electron chi connectivity index (χ0n) is 12.9. The second-order valence-corrected chi connectivity index (χ2v) is 6.67. The SMILES string of the molecule is CC(C)CC(CNC(=O)CCCCBr)N1CCOCC1. The molecule has 1 aliphatic rings. The van der Waals surface area contributed by atoms with Gasteiger partial charge in [-0.3, -0.25) is 9.69 Å². The number of amides is 1. The van der Waals surface area contributed by atoms with Crippen LogP contribution in [0, 0.1) is 5.92 Å². The van der Waals surface area contributed by atoms with Crippen LogP contribution in [0.3, 0.4) is 0 Å². The molecule has 0 saturated carbocycles. The highest BCUT2D eigenvalue weighted by atomic mass is 79.9. The molecule has 5 heteroatoms. The van der Waals surface area contributed by atoms with Gasteiger partial charge < -0.3 is 10.1 Å². The van der Waals surface area contributed by atoms with Gasteiger partial charge in [0.05, 0.1) is 13.2 Å². The lowest BCUT2D eigenvalue weighted by Crippen LogP contribution is -2.49. The van der Waals surface area contributed by atoms with E-state index in [-0.39, 0.29) is 5.91 Å². The average Bonchev–Trinajstić information content (AvgIpc) is 2.44. The molecule has 0 aromatic carbocycles. The van der Waals surface area contributed by atoms with E-state index in [1.807, 2.05) is 0 Å². The molecule has 1 atom stereocenters. The zero-order valence-corrected chi connectivity index (χ0v) is 14.5. The molecule has 118 valence electrons. The van der Waals surface area contributed by atoms with E-state index in [0.717, 1.165) is 57.4 Å². The molecule has 1 rings (SSSR count). The Balaban J connectivity index is 2.33. The summed E-state index contributed by atoms with van der Waals surface area (Å²) in [5.41, 5.74) is 0. The Morgan fingerprint density at radius 1 is 1.30 bits per heavy atom. The molecule has 1 unspecified atom stereocenters. The average molecular weight is 349 g/mol. The number of unbranched alkanes of at least 4 members (excludes halogenated alkanes) is 1. The van der Waals surface area contributed by atoms with Crippen molar-refractivity contribution in [1.82, 2.24) is 10.2 Å². The van der Waals surface area contributed by atoms with Crippen LogP contribution in [0.5, 0.6) is 0 Å². The van der Waals surface area contributed by atoms with Gasteiger partial charge in [-0.15, -0.1) is 0 Å². The lowest BCUT2D eigenvalue weighted by molar-refractivity contribution is -0.121. The fraction of sp³-hybridized carbons (Fsp3) is 0.933. The van der Waals surface area contributed by atoms with Crippen molar-refractivity contribution in [2.24, 2.45) is 5.92 Å². The molecule has 0 aromatic heterocycles. The first-order valence-electron chi connectivity index (χ1n) is 7.78. The van der Waals surface area contributed by atoms with Crippen molar-refractivity contribution in [3.8, 4) is 0 Å². The number of hydrogen-bond donors (Lipinski definition) is 1. The van der Waals surface area contributed by atoms with E-state index in [2.05, 4.69) is 40.0 Å². The van der Waals surface area contributed by atoms with Gasteiger partial charge in [-0.2, -0.15) is 0 Å². The Morgan fingerprint density at radius 3 is 2.60 bits per heavy atom. The Kier molecular flexibility index (Phi) is 9.48. The van der Waals surface area contributed by atoms with Gasteiger partial charge >= 0.3 is 0 Å². The van der Waals surface area contributed by atoms with Crippen LogP contribution in [0.2, 0.25) is 0 Å². The second-order valence-electron chi connectivity index (χ2n) is 5.88. The highest BCUT2D eigenvalue weighted by Gasteiger charge is 2.22. The maximum Gasteiger partial charge on any atom is 0.220 e. The van der Waals surface area contributed by atoms with E-state index in [9.17, 15) is 4.79 Å². The van der Waals surface area contributed by atoms with Crippen LogP contribution in [0.15, 0.2) is 0 Å². The molecular weight excluding hydrogens is 320 g/mol. The number of nitrogens with zero attached hydrogens (tertiary/aromatic N) is 1. The first-order valence-corrected chi connectivity index (χ1v) is 8.90. The largest absolute Gasteiger partial charge is 0.379 e. The van der Waals surface area contributed by atoms with Crippen LogP contribution in [0.4, 0.5) is 0 Å². The lowest BCUT2D eigenvalue weighted by atomic mass is 10.0. The van der Waals surface area contributed by atoms with Gasteiger partial charge in [0.15, 0.2) is 0 Å². The van der Waals surface area contributed by atoms with E-state index >= 15 is 0 Å². The number of alkyl halides is 1. The number of carbonyl (C=O) groups is 1. The first kappa shape index (κ1) is 17.9. The minimum Gasteiger partial charge on any atom is -0.379 e. The Bertz CT molecular complexity index is 269. The number of carbonyl (C=O) groups excluding carboxylic acids is 1. The van der Waals surface area contributed by atoms with Crippen molar-refractivity contribution in [3.05, 3.63) is 0 Å². The van der Waals surface area contributed by atoms with Gasteiger partial charge in [-0.1, -0.05) is 29.8 Å². The quantitative estimate of drug-likeness (QED) is 0.513. The molecule has 0 aliphatic carbocycles. The summed E-state index contributed by atoms with van der Waals surface area (Å²) in [5.74, 6) is 0.834. The standard InChI is InChI=1S/C15H29BrN2O2/c1-13(2)11-14(18-7-9-20-10-8-18)12-17-15(19)5-3-4-6-16/h13-14H,3-12H2,1-2H3,(H,17,19). The van der Waals surface area contributed by atoms with E-state index in [4.69, 9.17) is 4.74 Å². The zero-order chi connectivity index (χ0) is 14.8. The van der Waals surface area contributed by atoms with Crippen LogP contribution < -0.4 is 5.32 Å². The predicted octanol–water partition coefficient (Wildman–Crippen LogP) is 2.41. The molecule has 1 fully saturated rings. The van der Waals surface area contributed by atoms with Gasteiger partial charge in [0.25, 0.3) is 0 Å². The van der Waals surface area contributed by atoms with Crippen LogP contribution in [-0.4, -0.2) is 55.0 Å². The fourth-order valence-corrected chi connectivity index (χ4v) is 2.94. The van der Waals surface area contributed by atoms with Gasteiger partial charge in [0, 0.05) is 37.4 Å². The number of morpholine rings is 1. The summed E-state index contributed by atoms with van der Waals surface area (Å²) in [6.07, 6.45) is 3.79. The summed E-state index contributed by atoms with van der Waals surface area (Å²) in [6, 6.07) is 0.444. The second kappa shape index (κ2) is 10.6. The fourth-order valence-electron chi connectivity index (χ4n) is 2.55. The maximum atomic E-state index is 11.8. The molecule has 1 heterocycles. The van der Waals surface area contributed by atoms with E-state index in [1.165, 1.54) is 0 Å². The molecule has 0 bridgehead atoms. The molecule has 0 aromatic rings. The molecule has 1 aliphatic heterocycles. The van der Waals surface area contributed by atoms with Crippen LogP contribution in [-0.2, 0) is 9.53 Å². The molecule has 0 radical (unpaired) electrons. The van der Waals surface area contributed by atoms with Crippen LogP contribution in [0.25, 0.3) is 0 Å². The minimum absolute atomic E-state index is 0.188. The van der Waals surface area contributed by atoms with Crippen molar-refractivity contribution in [3.63, 3.8) is 0 Å². The molecule has 20 heavy (non-hydrogen) atoms. The number of rotatable bonds is 9. The lowest BCUT2D eigenvalue weighted by Gasteiger charge is -2.35. The summed E-state index contributed by atoms with van der Waals surface area (Å²) < 4.78 is 5.41. The monoisotopic (exact) mass is 348 g/mol. The Labute approximate surface area is 131 Å². The van der Waals surface area contributed by atoms with Crippen molar-refractivity contribution < 1.29 is 9.53 Å². The molecule has 0 spiro atoms. The number of hydrogen-bond acceptors (Lipinski definition) is 3. The molecule has 1 amide bonds. The third-order valence-electron chi connectivity index (χ3n) is 3.63. The van der Waals surface area contributed by atoms with E-state index in [1.54, 1.807) is 0 Å². The summed E-state index contributed by atoms with van der Waals surface area (Å²) >= 11 is 3.39. The van der Waals surface area contributed by atoms with Crippen molar-refractivity contribution in [2.45, 2.75) is 45.6 Å². The summed E-state index contributed by atoms with van der Waals surface area (Å²) in [4.78, 5) is 14.3. The Morgan fingerprint density at radius 2 is 2.00 bits per heavy atom. The number of halogens is 1. The Hall–Kier alpha value is -0.130. The topological polar surface area (TPSA) is 41.6 Å². The highest BCUT2D eigenvalue weighted by Crippen LogP contribution is 2.13. The smallest absolute Gasteiger partial charge is 0.220 e. The summed E-state index contributed by atoms with van der Waals surface area (Å²) in [5, 5.41) is 4.08. The highest BCUT2D eigenvalue weighted by molar-refractivity contribution is 9.09. The molecule has 1 N–H and O–H groups in total. The van der Waals surface area contributed by atoms with Crippen LogP contribution >= 0.6 is 15.9 Å². The van der Waals surface area contributed by atoms with Crippen molar-refractivity contribution in [2.75, 3.05) is 38.2 Å². The van der Waals surface area contributed by atoms with Crippen LogP contribution in [0.1, 0.15) is 39.5 Å². The third-order valence-corrected chi connectivity index (χ3v) is 4.19. The number of nitrogens with one attached hydrogen (secondary N) is 1. The third kappa shape index (κ3) is 7.60. The van der Waals surface area contributed by atoms with Crippen molar-refractivity contribution >= 4 is 21.8 Å². The minimum atomic E-state index is 0.188. The van der Waals surface area contributed by atoms with Crippen molar-refractivity contribution in [1.29, 1.82) is 0 Å². The van der Waals surface area contributed by atoms with Gasteiger partial charge in [0.2, 0.25) is 5.91 Å². The number of ether oxygens (including phenoxy) is 1. The molecule has 4 nitrogen and oxygen atoms in total. The summed E-state index contributed by atoms with van der Waals surface area (Å²) in [7, 11) is 0. The maximum absolute atomic E-state index is 11.8. The molecule has 1 saturated heterocycles. The molecular formula is C15H29BrN2O2.